The Kier molecular flexibility index (Phi) is 4.61. The lowest BCUT2D eigenvalue weighted by molar-refractivity contribution is -0.141. The number of likely N-dealkylation sites (tertiary alicyclic amines) is 1. The Labute approximate surface area is 135 Å². The molecule has 1 atom stereocenters. The quantitative estimate of drug-likeness (QED) is 0.867. The van der Waals surface area contributed by atoms with Gasteiger partial charge in [-0.3, -0.25) is 9.88 Å². The molecule has 0 aromatic carbocycles. The first-order valence-electron chi connectivity index (χ1n) is 7.39. The molecule has 5 nitrogen and oxygen atoms in total. The van der Waals surface area contributed by atoms with Gasteiger partial charge in [0, 0.05) is 38.1 Å². The third-order valence-corrected chi connectivity index (χ3v) is 3.72. The van der Waals surface area contributed by atoms with Gasteiger partial charge in [0.25, 0.3) is 0 Å². The topological polar surface area (TPSA) is 53.9 Å². The van der Waals surface area contributed by atoms with E-state index in [1.807, 2.05) is 0 Å². The summed E-state index contributed by atoms with van der Waals surface area (Å²) in [5.41, 5.74) is -0.216. The fourth-order valence-corrected chi connectivity index (χ4v) is 2.66. The first-order chi connectivity index (χ1) is 11.4. The lowest BCUT2D eigenvalue weighted by Crippen LogP contribution is -2.27. The van der Waals surface area contributed by atoms with Crippen molar-refractivity contribution < 1.29 is 17.6 Å². The molecule has 128 valence electrons. The van der Waals surface area contributed by atoms with Gasteiger partial charge in [-0.15, -0.1) is 0 Å². The molecule has 0 aliphatic carbocycles. The van der Waals surface area contributed by atoms with E-state index in [1.165, 1.54) is 6.07 Å². The van der Waals surface area contributed by atoms with E-state index in [0.717, 1.165) is 37.0 Å². The summed E-state index contributed by atoms with van der Waals surface area (Å²) in [6.07, 6.45) is 0.0691. The van der Waals surface area contributed by atoms with Crippen LogP contribution in [0.1, 0.15) is 17.7 Å². The summed E-state index contributed by atoms with van der Waals surface area (Å²) in [5.74, 6) is -0.428. The summed E-state index contributed by atoms with van der Waals surface area (Å²) in [6, 6.07) is 2.20. The third-order valence-electron chi connectivity index (χ3n) is 3.72. The molecule has 0 spiro atoms. The van der Waals surface area contributed by atoms with Crippen LogP contribution >= 0.6 is 0 Å². The number of hydrogen-bond donors (Lipinski definition) is 1. The van der Waals surface area contributed by atoms with Gasteiger partial charge in [-0.2, -0.15) is 13.2 Å². The van der Waals surface area contributed by atoms with Crippen molar-refractivity contribution in [3.8, 4) is 0 Å². The van der Waals surface area contributed by atoms with Crippen molar-refractivity contribution in [1.82, 2.24) is 19.9 Å². The number of anilines is 1. The molecule has 1 N–H and O–H groups in total. The summed E-state index contributed by atoms with van der Waals surface area (Å²) >= 11 is 0. The smallest absolute Gasteiger partial charge is 0.350 e. The summed E-state index contributed by atoms with van der Waals surface area (Å²) in [6.45, 7) is 1.88. The second kappa shape index (κ2) is 6.68. The SMILES string of the molecule is Fc1cncc(CN2CCC(Nc3nccc(C(F)(F)F)n3)C2)c1. The van der Waals surface area contributed by atoms with Gasteiger partial charge in [0.05, 0.1) is 6.20 Å². The molecule has 3 heterocycles. The van der Waals surface area contributed by atoms with Crippen molar-refractivity contribution in [1.29, 1.82) is 0 Å². The van der Waals surface area contributed by atoms with Gasteiger partial charge in [-0.05, 0) is 24.1 Å². The second-order valence-corrected chi connectivity index (χ2v) is 5.64. The van der Waals surface area contributed by atoms with Crippen molar-refractivity contribution in [2.75, 3.05) is 18.4 Å². The predicted molar refractivity (Wildman–Crippen MR) is 78.5 cm³/mol. The summed E-state index contributed by atoms with van der Waals surface area (Å²) in [7, 11) is 0. The number of halogens is 4. The number of pyridine rings is 1. The molecule has 9 heteroatoms. The average molecular weight is 341 g/mol. The lowest BCUT2D eigenvalue weighted by Gasteiger charge is -2.17. The molecule has 1 fully saturated rings. The molecule has 24 heavy (non-hydrogen) atoms. The summed E-state index contributed by atoms with van der Waals surface area (Å²) < 4.78 is 51.1. The molecule has 1 aliphatic heterocycles. The molecule has 0 amide bonds. The van der Waals surface area contributed by atoms with Gasteiger partial charge in [-0.1, -0.05) is 0 Å². The Morgan fingerprint density at radius 3 is 2.88 bits per heavy atom. The van der Waals surface area contributed by atoms with Crippen LogP contribution in [0.4, 0.5) is 23.5 Å². The highest BCUT2D eigenvalue weighted by Gasteiger charge is 2.33. The monoisotopic (exact) mass is 341 g/mol. The molecule has 0 radical (unpaired) electrons. The van der Waals surface area contributed by atoms with Crippen LogP contribution in [0.25, 0.3) is 0 Å². The van der Waals surface area contributed by atoms with Crippen LogP contribution in [-0.4, -0.2) is 39.0 Å². The maximum Gasteiger partial charge on any atom is 0.433 e. The third kappa shape index (κ3) is 4.16. The van der Waals surface area contributed by atoms with E-state index in [9.17, 15) is 17.6 Å². The van der Waals surface area contributed by atoms with Crippen LogP contribution in [-0.2, 0) is 12.7 Å². The molecule has 2 aromatic heterocycles. The molecule has 1 saturated heterocycles. The highest BCUT2D eigenvalue weighted by Crippen LogP contribution is 2.27. The van der Waals surface area contributed by atoms with Gasteiger partial charge in [0.15, 0.2) is 0 Å². The zero-order chi connectivity index (χ0) is 17.2. The highest BCUT2D eigenvalue weighted by atomic mass is 19.4. The zero-order valence-electron chi connectivity index (χ0n) is 12.6. The van der Waals surface area contributed by atoms with Crippen molar-refractivity contribution in [2.45, 2.75) is 25.2 Å². The fraction of sp³-hybridized carbons (Fsp3) is 0.400. The number of nitrogens with one attached hydrogen (secondary N) is 1. The van der Waals surface area contributed by atoms with Crippen LogP contribution < -0.4 is 5.32 Å². The Morgan fingerprint density at radius 1 is 1.29 bits per heavy atom. The van der Waals surface area contributed by atoms with Gasteiger partial charge in [0.1, 0.15) is 11.5 Å². The van der Waals surface area contributed by atoms with E-state index in [0.29, 0.717) is 13.1 Å². The van der Waals surface area contributed by atoms with E-state index in [4.69, 9.17) is 0 Å². The summed E-state index contributed by atoms with van der Waals surface area (Å²) in [5, 5.41) is 2.93. The molecule has 3 rings (SSSR count). The Morgan fingerprint density at radius 2 is 2.12 bits per heavy atom. The van der Waals surface area contributed by atoms with Gasteiger partial charge < -0.3 is 5.32 Å². The van der Waals surface area contributed by atoms with E-state index in [-0.39, 0.29) is 12.0 Å². The molecular formula is C15H15F4N5. The Balaban J connectivity index is 1.58. The predicted octanol–water partition coefficient (Wildman–Crippen LogP) is 2.72. The molecular weight excluding hydrogens is 326 g/mol. The van der Waals surface area contributed by atoms with E-state index >= 15 is 0 Å². The number of alkyl halides is 3. The molecule has 1 aliphatic rings. The maximum absolute atomic E-state index is 13.1. The first kappa shape index (κ1) is 16.6. The number of rotatable bonds is 4. The van der Waals surface area contributed by atoms with Crippen LogP contribution in [0, 0.1) is 5.82 Å². The molecule has 0 saturated carbocycles. The number of hydrogen-bond acceptors (Lipinski definition) is 5. The van der Waals surface area contributed by atoms with Crippen LogP contribution in [0.3, 0.4) is 0 Å². The minimum atomic E-state index is -4.49. The van der Waals surface area contributed by atoms with Crippen molar-refractivity contribution in [3.05, 3.63) is 47.8 Å². The highest BCUT2D eigenvalue weighted by molar-refractivity contribution is 5.28. The van der Waals surface area contributed by atoms with Crippen molar-refractivity contribution in [3.63, 3.8) is 0 Å². The maximum atomic E-state index is 13.1. The first-order valence-corrected chi connectivity index (χ1v) is 7.39. The Hall–Kier alpha value is -2.29. The van der Waals surface area contributed by atoms with Crippen molar-refractivity contribution in [2.24, 2.45) is 0 Å². The molecule has 1 unspecified atom stereocenters. The van der Waals surface area contributed by atoms with E-state index in [1.54, 1.807) is 6.20 Å². The van der Waals surface area contributed by atoms with Crippen molar-refractivity contribution >= 4 is 5.95 Å². The normalized spacial score (nSPS) is 18.8. The van der Waals surface area contributed by atoms with Gasteiger partial charge in [0.2, 0.25) is 5.95 Å². The van der Waals surface area contributed by atoms with Crippen LogP contribution in [0.15, 0.2) is 30.7 Å². The molecule has 2 aromatic rings. The zero-order valence-corrected chi connectivity index (χ0v) is 12.6. The summed E-state index contributed by atoms with van der Waals surface area (Å²) in [4.78, 5) is 13.2. The number of nitrogens with zero attached hydrogens (tertiary/aromatic N) is 4. The lowest BCUT2D eigenvalue weighted by atomic mass is 10.2. The average Bonchev–Trinajstić information content (AvgIpc) is 2.94. The minimum absolute atomic E-state index is 0.0379. The van der Waals surface area contributed by atoms with E-state index in [2.05, 4.69) is 25.2 Å². The van der Waals surface area contributed by atoms with E-state index < -0.39 is 17.7 Å². The molecule has 0 bridgehead atoms. The minimum Gasteiger partial charge on any atom is -0.350 e. The van der Waals surface area contributed by atoms with Crippen LogP contribution in [0.5, 0.6) is 0 Å². The number of aromatic nitrogens is 3. The van der Waals surface area contributed by atoms with Crippen LogP contribution in [0.2, 0.25) is 0 Å². The van der Waals surface area contributed by atoms with Gasteiger partial charge in [-0.25, -0.2) is 14.4 Å². The Bertz CT molecular complexity index is 706. The standard InChI is InChI=1S/C15H15F4N5/c16-11-5-10(6-20-7-11)8-24-4-2-12(9-24)22-14-21-3-1-13(23-14)15(17,18)19/h1,3,5-7,12H,2,4,8-9H2,(H,21,22,23). The second-order valence-electron chi connectivity index (χ2n) is 5.64. The largest absolute Gasteiger partial charge is 0.433 e. The fourth-order valence-electron chi connectivity index (χ4n) is 2.66. The van der Waals surface area contributed by atoms with Gasteiger partial charge >= 0.3 is 6.18 Å².